The zero-order chi connectivity index (χ0) is 13.4. The molecule has 1 aliphatic rings. The highest BCUT2D eigenvalue weighted by molar-refractivity contribution is 5.38. The maximum atomic E-state index is 13.7. The Hall–Kier alpha value is -1.68. The highest BCUT2D eigenvalue weighted by Gasteiger charge is 2.20. The van der Waals surface area contributed by atoms with Crippen LogP contribution in [0.2, 0.25) is 0 Å². The molecule has 0 aliphatic heterocycles. The number of aryl methyl sites for hydroxylation is 2. The number of nitrogens with one attached hydrogen (secondary N) is 1. The predicted molar refractivity (Wildman–Crippen MR) is 72.9 cm³/mol. The standard InChI is InChI=1S/C15H18FN3/c1-10-5-11(2)19(18-10)15-7-12(6-13(16)8-15)9-17-14-3-4-14/h5-8,14,17H,3-4,9H2,1-2H3. The van der Waals surface area contributed by atoms with E-state index in [2.05, 4.69) is 10.4 Å². The van der Waals surface area contributed by atoms with Gasteiger partial charge >= 0.3 is 0 Å². The van der Waals surface area contributed by atoms with Crippen LogP contribution < -0.4 is 5.32 Å². The Morgan fingerprint density at radius 3 is 2.68 bits per heavy atom. The quantitative estimate of drug-likeness (QED) is 0.915. The number of halogens is 1. The monoisotopic (exact) mass is 259 g/mol. The Kier molecular flexibility index (Phi) is 3.11. The highest BCUT2D eigenvalue weighted by Crippen LogP contribution is 2.20. The molecule has 100 valence electrons. The zero-order valence-corrected chi connectivity index (χ0v) is 11.3. The molecule has 0 atom stereocenters. The van der Waals surface area contributed by atoms with Crippen LogP contribution in [-0.4, -0.2) is 15.8 Å². The first-order valence-electron chi connectivity index (χ1n) is 6.68. The van der Waals surface area contributed by atoms with Crippen LogP contribution in [0.3, 0.4) is 0 Å². The van der Waals surface area contributed by atoms with Gasteiger partial charge in [-0.2, -0.15) is 5.10 Å². The van der Waals surface area contributed by atoms with Gasteiger partial charge in [0, 0.05) is 18.3 Å². The summed E-state index contributed by atoms with van der Waals surface area (Å²) >= 11 is 0. The lowest BCUT2D eigenvalue weighted by atomic mass is 10.2. The summed E-state index contributed by atoms with van der Waals surface area (Å²) in [6.45, 7) is 4.64. The van der Waals surface area contributed by atoms with E-state index in [-0.39, 0.29) is 5.82 Å². The van der Waals surface area contributed by atoms with Crippen molar-refractivity contribution in [3.63, 3.8) is 0 Å². The van der Waals surface area contributed by atoms with Crippen molar-refractivity contribution in [3.05, 3.63) is 47.0 Å². The lowest BCUT2D eigenvalue weighted by Gasteiger charge is -2.09. The van der Waals surface area contributed by atoms with E-state index in [0.29, 0.717) is 12.6 Å². The summed E-state index contributed by atoms with van der Waals surface area (Å²) in [5, 5.41) is 7.80. The number of hydrogen-bond donors (Lipinski definition) is 1. The fourth-order valence-corrected chi connectivity index (χ4v) is 2.30. The molecule has 4 heteroatoms. The molecule has 1 heterocycles. The molecule has 1 saturated carbocycles. The first-order chi connectivity index (χ1) is 9.11. The Morgan fingerprint density at radius 2 is 2.05 bits per heavy atom. The average Bonchev–Trinajstić information content (AvgIpc) is 3.11. The van der Waals surface area contributed by atoms with Gasteiger partial charge in [0.1, 0.15) is 5.82 Å². The topological polar surface area (TPSA) is 29.9 Å². The molecule has 0 radical (unpaired) electrons. The maximum absolute atomic E-state index is 13.7. The van der Waals surface area contributed by atoms with Gasteiger partial charge in [-0.05, 0) is 56.5 Å². The second-order valence-electron chi connectivity index (χ2n) is 5.31. The van der Waals surface area contributed by atoms with Crippen molar-refractivity contribution in [2.24, 2.45) is 0 Å². The van der Waals surface area contributed by atoms with Crippen LogP contribution in [0.5, 0.6) is 0 Å². The maximum Gasteiger partial charge on any atom is 0.125 e. The molecule has 1 aliphatic carbocycles. The Bertz CT molecular complexity index is 599. The molecule has 1 fully saturated rings. The number of nitrogens with zero attached hydrogens (tertiary/aromatic N) is 2. The van der Waals surface area contributed by atoms with Crippen molar-refractivity contribution in [1.82, 2.24) is 15.1 Å². The Balaban J connectivity index is 1.89. The van der Waals surface area contributed by atoms with Gasteiger partial charge in [-0.1, -0.05) is 0 Å². The molecular formula is C15H18FN3. The van der Waals surface area contributed by atoms with Gasteiger partial charge in [0.2, 0.25) is 0 Å². The summed E-state index contributed by atoms with van der Waals surface area (Å²) in [7, 11) is 0. The molecule has 0 saturated heterocycles. The largest absolute Gasteiger partial charge is 0.310 e. The van der Waals surface area contributed by atoms with Gasteiger partial charge in [-0.25, -0.2) is 9.07 Å². The minimum atomic E-state index is -0.211. The van der Waals surface area contributed by atoms with Crippen LogP contribution in [0.25, 0.3) is 5.69 Å². The van der Waals surface area contributed by atoms with E-state index in [1.54, 1.807) is 10.7 Å². The summed E-state index contributed by atoms with van der Waals surface area (Å²) in [5.41, 5.74) is 3.72. The first kappa shape index (κ1) is 12.4. The minimum Gasteiger partial charge on any atom is -0.310 e. The minimum absolute atomic E-state index is 0.211. The number of aromatic nitrogens is 2. The van der Waals surface area contributed by atoms with Gasteiger partial charge in [0.05, 0.1) is 11.4 Å². The first-order valence-corrected chi connectivity index (χ1v) is 6.68. The predicted octanol–water partition coefficient (Wildman–Crippen LogP) is 2.88. The third kappa shape index (κ3) is 2.84. The fourth-order valence-electron chi connectivity index (χ4n) is 2.30. The summed E-state index contributed by atoms with van der Waals surface area (Å²) in [4.78, 5) is 0. The lowest BCUT2D eigenvalue weighted by Crippen LogP contribution is -2.15. The van der Waals surface area contributed by atoms with Crippen LogP contribution in [0, 0.1) is 19.7 Å². The normalized spacial score (nSPS) is 14.9. The molecule has 2 aromatic rings. The van der Waals surface area contributed by atoms with Gasteiger partial charge < -0.3 is 5.32 Å². The molecular weight excluding hydrogens is 241 g/mol. The Morgan fingerprint density at radius 1 is 1.26 bits per heavy atom. The fraction of sp³-hybridized carbons (Fsp3) is 0.400. The summed E-state index contributed by atoms with van der Waals surface area (Å²) in [5.74, 6) is -0.211. The van der Waals surface area contributed by atoms with Gasteiger partial charge in [0.15, 0.2) is 0 Å². The van der Waals surface area contributed by atoms with E-state index in [0.717, 1.165) is 22.6 Å². The van der Waals surface area contributed by atoms with Crippen molar-refractivity contribution < 1.29 is 4.39 Å². The van der Waals surface area contributed by atoms with Crippen LogP contribution in [0.4, 0.5) is 4.39 Å². The van der Waals surface area contributed by atoms with E-state index < -0.39 is 0 Å². The van der Waals surface area contributed by atoms with Crippen molar-refractivity contribution >= 4 is 0 Å². The molecule has 0 unspecified atom stereocenters. The van der Waals surface area contributed by atoms with Gasteiger partial charge in [-0.15, -0.1) is 0 Å². The summed E-state index contributed by atoms with van der Waals surface area (Å²) in [6, 6.07) is 7.73. The Labute approximate surface area is 112 Å². The van der Waals surface area contributed by atoms with Crippen LogP contribution in [-0.2, 0) is 6.54 Å². The SMILES string of the molecule is Cc1cc(C)n(-c2cc(F)cc(CNC3CC3)c2)n1. The van der Waals surface area contributed by atoms with Crippen molar-refractivity contribution in [3.8, 4) is 5.69 Å². The number of hydrogen-bond acceptors (Lipinski definition) is 2. The van der Waals surface area contributed by atoms with E-state index >= 15 is 0 Å². The summed E-state index contributed by atoms with van der Waals surface area (Å²) < 4.78 is 15.5. The second kappa shape index (κ2) is 4.78. The smallest absolute Gasteiger partial charge is 0.125 e. The third-order valence-electron chi connectivity index (χ3n) is 3.37. The van der Waals surface area contributed by atoms with Gasteiger partial charge in [-0.3, -0.25) is 0 Å². The van der Waals surface area contributed by atoms with Crippen molar-refractivity contribution in [2.75, 3.05) is 0 Å². The lowest BCUT2D eigenvalue weighted by molar-refractivity contribution is 0.616. The van der Waals surface area contributed by atoms with Crippen LogP contribution >= 0.6 is 0 Å². The molecule has 1 N–H and O–H groups in total. The molecule has 0 spiro atoms. The third-order valence-corrected chi connectivity index (χ3v) is 3.37. The zero-order valence-electron chi connectivity index (χ0n) is 11.3. The van der Waals surface area contributed by atoms with Crippen LogP contribution in [0.1, 0.15) is 29.8 Å². The van der Waals surface area contributed by atoms with Crippen molar-refractivity contribution in [2.45, 2.75) is 39.3 Å². The second-order valence-corrected chi connectivity index (χ2v) is 5.31. The molecule has 0 amide bonds. The molecule has 1 aromatic heterocycles. The summed E-state index contributed by atoms with van der Waals surface area (Å²) in [6.07, 6.45) is 2.47. The molecule has 3 rings (SSSR count). The molecule has 1 aromatic carbocycles. The molecule has 0 bridgehead atoms. The number of rotatable bonds is 4. The number of benzene rings is 1. The van der Waals surface area contributed by atoms with Crippen molar-refractivity contribution in [1.29, 1.82) is 0 Å². The van der Waals surface area contributed by atoms with E-state index in [9.17, 15) is 4.39 Å². The van der Waals surface area contributed by atoms with E-state index in [1.165, 1.54) is 18.9 Å². The highest BCUT2D eigenvalue weighted by atomic mass is 19.1. The molecule has 19 heavy (non-hydrogen) atoms. The van der Waals surface area contributed by atoms with E-state index in [4.69, 9.17) is 0 Å². The van der Waals surface area contributed by atoms with Gasteiger partial charge in [0.25, 0.3) is 0 Å². The van der Waals surface area contributed by atoms with Crippen LogP contribution in [0.15, 0.2) is 24.3 Å². The van der Waals surface area contributed by atoms with E-state index in [1.807, 2.05) is 26.0 Å². The average molecular weight is 259 g/mol. The molecule has 3 nitrogen and oxygen atoms in total.